The highest BCUT2D eigenvalue weighted by Gasteiger charge is 2.21. The summed E-state index contributed by atoms with van der Waals surface area (Å²) in [5.74, 6) is 0.357. The molecule has 0 radical (unpaired) electrons. The summed E-state index contributed by atoms with van der Waals surface area (Å²) in [6, 6.07) is 16.8. The molecule has 2 aromatic rings. The normalized spacial score (nSPS) is 14.6. The van der Waals surface area contributed by atoms with Crippen LogP contribution in [0.2, 0.25) is 0 Å². The molecule has 0 unspecified atom stereocenters. The highest BCUT2D eigenvalue weighted by atomic mass is 16.5. The zero-order valence-electron chi connectivity index (χ0n) is 16.6. The minimum absolute atomic E-state index is 0.00484. The van der Waals surface area contributed by atoms with Crippen LogP contribution in [0.25, 0.3) is 0 Å². The Morgan fingerprint density at radius 3 is 2.18 bits per heavy atom. The number of carbonyl (C=O) groups excluding carboxylic acids is 2. The average molecular weight is 380 g/mol. The van der Waals surface area contributed by atoms with Crippen LogP contribution in [0.1, 0.15) is 42.4 Å². The first-order chi connectivity index (χ1) is 13.5. The van der Waals surface area contributed by atoms with E-state index in [-0.39, 0.29) is 11.9 Å². The molecule has 1 amide bonds. The maximum atomic E-state index is 11.4. The summed E-state index contributed by atoms with van der Waals surface area (Å²) in [5, 5.41) is 2.83. The summed E-state index contributed by atoms with van der Waals surface area (Å²) in [6.45, 7) is 4.16. The highest BCUT2D eigenvalue weighted by Crippen LogP contribution is 2.30. The average Bonchev–Trinajstić information content (AvgIpc) is 2.73. The molecule has 1 saturated heterocycles. The minimum Gasteiger partial charge on any atom is -0.469 e. The Morgan fingerprint density at radius 1 is 1.00 bits per heavy atom. The van der Waals surface area contributed by atoms with Crippen molar-refractivity contribution in [3.8, 4) is 0 Å². The smallest absolute Gasteiger partial charge is 0.309 e. The van der Waals surface area contributed by atoms with Crippen molar-refractivity contribution in [2.24, 2.45) is 0 Å². The van der Waals surface area contributed by atoms with Gasteiger partial charge in [0.25, 0.3) is 0 Å². The molecule has 0 saturated carbocycles. The van der Waals surface area contributed by atoms with Gasteiger partial charge in [0, 0.05) is 32.2 Å². The van der Waals surface area contributed by atoms with Gasteiger partial charge in [0.05, 0.1) is 13.5 Å². The Kier molecular flexibility index (Phi) is 6.69. The van der Waals surface area contributed by atoms with Crippen LogP contribution in [0.4, 0.5) is 5.69 Å². The van der Waals surface area contributed by atoms with Crippen LogP contribution in [0.15, 0.2) is 48.5 Å². The van der Waals surface area contributed by atoms with E-state index in [4.69, 9.17) is 4.74 Å². The minimum atomic E-state index is -0.211. The van der Waals surface area contributed by atoms with Gasteiger partial charge in [-0.05, 0) is 47.6 Å². The van der Waals surface area contributed by atoms with Crippen LogP contribution in [0.5, 0.6) is 0 Å². The van der Waals surface area contributed by atoms with Crippen molar-refractivity contribution >= 4 is 17.6 Å². The molecule has 0 atom stereocenters. The number of carbonyl (C=O) groups is 2. The van der Waals surface area contributed by atoms with Crippen LogP contribution < -0.4 is 10.2 Å². The van der Waals surface area contributed by atoms with Gasteiger partial charge in [0.15, 0.2) is 0 Å². The molecule has 1 N–H and O–H groups in total. The van der Waals surface area contributed by atoms with E-state index in [2.05, 4.69) is 46.6 Å². The third-order valence-electron chi connectivity index (χ3n) is 5.37. The number of esters is 1. The van der Waals surface area contributed by atoms with Gasteiger partial charge in [-0.1, -0.05) is 36.4 Å². The lowest BCUT2D eigenvalue weighted by Gasteiger charge is -2.34. The second kappa shape index (κ2) is 9.40. The van der Waals surface area contributed by atoms with Gasteiger partial charge < -0.3 is 15.0 Å². The zero-order valence-corrected chi connectivity index (χ0v) is 16.6. The van der Waals surface area contributed by atoms with E-state index in [0.717, 1.165) is 37.1 Å². The number of nitrogens with one attached hydrogen (secondary N) is 1. The molecule has 1 heterocycles. The molecule has 1 aliphatic rings. The van der Waals surface area contributed by atoms with Crippen LogP contribution in [-0.4, -0.2) is 32.1 Å². The molecular weight excluding hydrogens is 352 g/mol. The van der Waals surface area contributed by atoms with Crippen LogP contribution in [-0.2, 0) is 27.3 Å². The number of benzene rings is 2. The molecule has 0 aliphatic carbocycles. The highest BCUT2D eigenvalue weighted by molar-refractivity contribution is 5.73. The summed E-state index contributed by atoms with van der Waals surface area (Å²) in [7, 11) is 1.41. The standard InChI is InChI=1S/C23H28N2O3/c1-17(26)24-16-19-3-7-20(8-4-19)21-11-13-25(14-12-21)22-9-5-18(6-10-22)15-23(27)28-2/h3-10,21H,11-16H2,1-2H3,(H,24,26). The number of methoxy groups -OCH3 is 1. The quantitative estimate of drug-likeness (QED) is 0.780. The molecule has 3 rings (SSSR count). The third kappa shape index (κ3) is 5.35. The van der Waals surface area contributed by atoms with Crippen LogP contribution in [0, 0.1) is 0 Å². The first kappa shape index (κ1) is 19.9. The van der Waals surface area contributed by atoms with Crippen LogP contribution in [0.3, 0.4) is 0 Å². The van der Waals surface area contributed by atoms with E-state index in [0.29, 0.717) is 18.9 Å². The Balaban J connectivity index is 1.52. The first-order valence-corrected chi connectivity index (χ1v) is 9.79. The maximum absolute atomic E-state index is 11.4. The number of hydrogen-bond acceptors (Lipinski definition) is 4. The number of hydrogen-bond donors (Lipinski definition) is 1. The van der Waals surface area contributed by atoms with Crippen molar-refractivity contribution in [3.05, 3.63) is 65.2 Å². The van der Waals surface area contributed by atoms with Gasteiger partial charge in [-0.3, -0.25) is 9.59 Å². The van der Waals surface area contributed by atoms with E-state index >= 15 is 0 Å². The van der Waals surface area contributed by atoms with E-state index in [1.54, 1.807) is 0 Å². The van der Waals surface area contributed by atoms with Crippen molar-refractivity contribution in [1.82, 2.24) is 5.32 Å². The van der Waals surface area contributed by atoms with Gasteiger partial charge >= 0.3 is 5.97 Å². The third-order valence-corrected chi connectivity index (χ3v) is 5.37. The maximum Gasteiger partial charge on any atom is 0.309 e. The summed E-state index contributed by atoms with van der Waals surface area (Å²) in [6.07, 6.45) is 2.56. The first-order valence-electron chi connectivity index (χ1n) is 9.79. The summed E-state index contributed by atoms with van der Waals surface area (Å²) >= 11 is 0. The number of anilines is 1. The van der Waals surface area contributed by atoms with E-state index in [1.165, 1.54) is 25.3 Å². The van der Waals surface area contributed by atoms with Gasteiger partial charge in [0.1, 0.15) is 0 Å². The van der Waals surface area contributed by atoms with Gasteiger partial charge in [-0.2, -0.15) is 0 Å². The van der Waals surface area contributed by atoms with Crippen molar-refractivity contribution in [1.29, 1.82) is 0 Å². The Bertz CT molecular complexity index is 792. The number of nitrogens with zero attached hydrogens (tertiary/aromatic N) is 1. The molecule has 0 aromatic heterocycles. The SMILES string of the molecule is COC(=O)Cc1ccc(N2CCC(c3ccc(CNC(C)=O)cc3)CC2)cc1. The molecule has 0 bridgehead atoms. The molecular formula is C23H28N2O3. The fourth-order valence-electron chi connectivity index (χ4n) is 3.67. The molecule has 5 heteroatoms. The van der Waals surface area contributed by atoms with Gasteiger partial charge in [-0.25, -0.2) is 0 Å². The number of ether oxygens (including phenoxy) is 1. The predicted molar refractivity (Wildman–Crippen MR) is 110 cm³/mol. The lowest BCUT2D eigenvalue weighted by molar-refractivity contribution is -0.139. The molecule has 148 valence electrons. The van der Waals surface area contributed by atoms with E-state index < -0.39 is 0 Å². The molecule has 0 spiro atoms. The fraction of sp³-hybridized carbons (Fsp3) is 0.391. The summed E-state index contributed by atoms with van der Waals surface area (Å²) in [5.41, 5.74) is 4.69. The van der Waals surface area contributed by atoms with Crippen molar-refractivity contribution < 1.29 is 14.3 Å². The Labute approximate surface area is 166 Å². The largest absolute Gasteiger partial charge is 0.469 e. The summed E-state index contributed by atoms with van der Waals surface area (Å²) in [4.78, 5) is 24.8. The molecule has 28 heavy (non-hydrogen) atoms. The molecule has 1 fully saturated rings. The predicted octanol–water partition coefficient (Wildman–Crippen LogP) is 3.42. The van der Waals surface area contributed by atoms with Crippen LogP contribution >= 0.6 is 0 Å². The van der Waals surface area contributed by atoms with Crippen molar-refractivity contribution in [2.45, 2.75) is 38.6 Å². The van der Waals surface area contributed by atoms with E-state index in [9.17, 15) is 9.59 Å². The topological polar surface area (TPSA) is 58.6 Å². The number of amides is 1. The molecule has 1 aliphatic heterocycles. The van der Waals surface area contributed by atoms with Gasteiger partial charge in [-0.15, -0.1) is 0 Å². The fourth-order valence-corrected chi connectivity index (χ4v) is 3.67. The zero-order chi connectivity index (χ0) is 19.9. The number of piperidine rings is 1. The number of rotatable bonds is 6. The lowest BCUT2D eigenvalue weighted by atomic mass is 9.88. The summed E-state index contributed by atoms with van der Waals surface area (Å²) < 4.78 is 4.72. The van der Waals surface area contributed by atoms with E-state index in [1.807, 2.05) is 12.1 Å². The lowest BCUT2D eigenvalue weighted by Crippen LogP contribution is -2.32. The Hall–Kier alpha value is -2.82. The second-order valence-corrected chi connectivity index (χ2v) is 7.33. The monoisotopic (exact) mass is 380 g/mol. The van der Waals surface area contributed by atoms with Crippen molar-refractivity contribution in [2.75, 3.05) is 25.1 Å². The molecule has 5 nitrogen and oxygen atoms in total. The Morgan fingerprint density at radius 2 is 1.61 bits per heavy atom. The van der Waals surface area contributed by atoms with Crippen molar-refractivity contribution in [3.63, 3.8) is 0 Å². The second-order valence-electron chi connectivity index (χ2n) is 7.33. The van der Waals surface area contributed by atoms with Gasteiger partial charge in [0.2, 0.25) is 5.91 Å². The molecule has 2 aromatic carbocycles.